The largest absolute Gasteiger partial charge is 0.481 e. The summed E-state index contributed by atoms with van der Waals surface area (Å²) >= 11 is 0. The molecule has 2 heterocycles. The quantitative estimate of drug-likeness (QED) is 0.761. The van der Waals surface area contributed by atoms with Gasteiger partial charge in [-0.3, -0.25) is 9.59 Å². The van der Waals surface area contributed by atoms with E-state index in [-0.39, 0.29) is 18.4 Å². The van der Waals surface area contributed by atoms with Crippen LogP contribution in [-0.2, 0) is 9.59 Å². The maximum Gasteiger partial charge on any atom is 0.315 e. The molecule has 0 aromatic rings. The van der Waals surface area contributed by atoms with Gasteiger partial charge in [0.1, 0.15) is 6.04 Å². The number of aliphatic carboxylic acids is 1. The van der Waals surface area contributed by atoms with Gasteiger partial charge in [0.15, 0.2) is 0 Å². The Balaban J connectivity index is 1.75. The molecule has 3 amide bonds. The van der Waals surface area contributed by atoms with Crippen LogP contribution in [0.1, 0.15) is 32.1 Å². The highest BCUT2D eigenvalue weighted by Gasteiger charge is 2.56. The first kappa shape index (κ1) is 14.2. The monoisotopic (exact) mass is 295 g/mol. The van der Waals surface area contributed by atoms with Crippen molar-refractivity contribution < 1.29 is 19.5 Å². The molecule has 3 atom stereocenters. The van der Waals surface area contributed by atoms with Crippen molar-refractivity contribution in [2.75, 3.05) is 19.6 Å². The van der Waals surface area contributed by atoms with E-state index in [1.54, 1.807) is 4.90 Å². The zero-order valence-electron chi connectivity index (χ0n) is 12.0. The summed E-state index contributed by atoms with van der Waals surface area (Å²) in [4.78, 5) is 38.7. The van der Waals surface area contributed by atoms with Gasteiger partial charge in [0, 0.05) is 19.6 Å². The second-order valence-electron chi connectivity index (χ2n) is 6.46. The summed E-state index contributed by atoms with van der Waals surface area (Å²) in [5.74, 6) is -0.887. The summed E-state index contributed by atoms with van der Waals surface area (Å²) in [6.07, 6.45) is 3.79. The van der Waals surface area contributed by atoms with Gasteiger partial charge >= 0.3 is 12.0 Å². The highest BCUT2D eigenvalue weighted by Crippen LogP contribution is 2.49. The SMILES string of the molecule is NC(=O)N1CCC[C@H]1C(=O)N1C[C@@H]2CCC[C@@]2(C(=O)O)C1. The second kappa shape index (κ2) is 4.89. The summed E-state index contributed by atoms with van der Waals surface area (Å²) in [6.45, 7) is 1.27. The first-order valence-corrected chi connectivity index (χ1v) is 7.54. The van der Waals surface area contributed by atoms with Crippen LogP contribution in [0, 0.1) is 11.3 Å². The van der Waals surface area contributed by atoms with Crippen molar-refractivity contribution in [3.63, 3.8) is 0 Å². The Bertz CT molecular complexity index is 495. The Morgan fingerprint density at radius 1 is 1.19 bits per heavy atom. The third-order valence-electron chi connectivity index (χ3n) is 5.43. The zero-order chi connectivity index (χ0) is 15.2. The summed E-state index contributed by atoms with van der Waals surface area (Å²) in [6, 6.07) is -1.08. The molecule has 1 aliphatic carbocycles. The van der Waals surface area contributed by atoms with Gasteiger partial charge in [-0.2, -0.15) is 0 Å². The molecular formula is C14H21N3O4. The van der Waals surface area contributed by atoms with Crippen LogP contribution in [0.25, 0.3) is 0 Å². The minimum atomic E-state index is -0.793. The van der Waals surface area contributed by atoms with E-state index in [0.717, 1.165) is 19.3 Å². The lowest BCUT2D eigenvalue weighted by Crippen LogP contribution is -2.49. The topological polar surface area (TPSA) is 104 Å². The number of carbonyl (C=O) groups is 3. The van der Waals surface area contributed by atoms with Gasteiger partial charge in [-0.25, -0.2) is 4.79 Å². The Morgan fingerprint density at radius 2 is 1.95 bits per heavy atom. The number of hydrogen-bond donors (Lipinski definition) is 2. The minimum Gasteiger partial charge on any atom is -0.481 e. The van der Waals surface area contributed by atoms with Gasteiger partial charge in [0.2, 0.25) is 5.91 Å². The van der Waals surface area contributed by atoms with Gasteiger partial charge in [-0.05, 0) is 31.6 Å². The Hall–Kier alpha value is -1.79. The van der Waals surface area contributed by atoms with E-state index in [1.807, 2.05) is 0 Å². The summed E-state index contributed by atoms with van der Waals surface area (Å²) < 4.78 is 0. The predicted octanol–water partition coefficient (Wildman–Crippen LogP) is 0.243. The van der Waals surface area contributed by atoms with Crippen LogP contribution >= 0.6 is 0 Å². The van der Waals surface area contributed by atoms with Crippen molar-refractivity contribution in [3.05, 3.63) is 0 Å². The van der Waals surface area contributed by atoms with Gasteiger partial charge in [0.05, 0.1) is 5.41 Å². The predicted molar refractivity (Wildman–Crippen MR) is 73.3 cm³/mol. The molecule has 0 aromatic heterocycles. The molecule has 7 nitrogen and oxygen atoms in total. The standard InChI is InChI=1S/C14H21N3O4/c15-13(21)17-6-2-4-10(17)11(18)16-7-9-3-1-5-14(9,8-16)12(19)20/h9-10H,1-8H2,(H2,15,21)(H,19,20)/t9-,10-,14+/m0/s1. The highest BCUT2D eigenvalue weighted by atomic mass is 16.4. The number of amides is 3. The lowest BCUT2D eigenvalue weighted by atomic mass is 9.81. The zero-order valence-corrected chi connectivity index (χ0v) is 12.0. The molecule has 2 saturated heterocycles. The first-order valence-electron chi connectivity index (χ1n) is 7.54. The molecule has 0 aromatic carbocycles. The van der Waals surface area contributed by atoms with Gasteiger partial charge < -0.3 is 20.6 Å². The maximum absolute atomic E-state index is 12.6. The normalized spacial score (nSPS) is 35.0. The fourth-order valence-corrected chi connectivity index (χ4v) is 4.30. The maximum atomic E-state index is 12.6. The number of hydrogen-bond acceptors (Lipinski definition) is 3. The van der Waals surface area contributed by atoms with Crippen molar-refractivity contribution in [3.8, 4) is 0 Å². The average Bonchev–Trinajstić information content (AvgIpc) is 3.11. The first-order chi connectivity index (χ1) is 9.95. The lowest BCUT2D eigenvalue weighted by Gasteiger charge is -2.28. The van der Waals surface area contributed by atoms with E-state index in [2.05, 4.69) is 0 Å². The Morgan fingerprint density at radius 3 is 2.57 bits per heavy atom. The third-order valence-corrected chi connectivity index (χ3v) is 5.43. The molecular weight excluding hydrogens is 274 g/mol. The molecule has 0 bridgehead atoms. The lowest BCUT2D eigenvalue weighted by molar-refractivity contribution is -0.149. The van der Waals surface area contributed by atoms with Crippen LogP contribution in [0.4, 0.5) is 4.79 Å². The van der Waals surface area contributed by atoms with Crippen LogP contribution in [0.3, 0.4) is 0 Å². The molecule has 3 fully saturated rings. The van der Waals surface area contributed by atoms with E-state index >= 15 is 0 Å². The number of likely N-dealkylation sites (tertiary alicyclic amines) is 2. The molecule has 7 heteroatoms. The van der Waals surface area contributed by atoms with Crippen molar-refractivity contribution in [2.45, 2.75) is 38.1 Å². The van der Waals surface area contributed by atoms with Crippen molar-refractivity contribution in [2.24, 2.45) is 17.1 Å². The number of carbonyl (C=O) groups excluding carboxylic acids is 2. The number of urea groups is 1. The molecule has 0 spiro atoms. The van der Waals surface area contributed by atoms with Crippen molar-refractivity contribution in [1.82, 2.24) is 9.80 Å². The van der Waals surface area contributed by atoms with E-state index in [9.17, 15) is 19.5 Å². The smallest absolute Gasteiger partial charge is 0.315 e. The minimum absolute atomic E-state index is 0.0439. The summed E-state index contributed by atoms with van der Waals surface area (Å²) in [5, 5.41) is 9.56. The number of nitrogens with zero attached hydrogens (tertiary/aromatic N) is 2. The van der Waals surface area contributed by atoms with Crippen LogP contribution in [0.5, 0.6) is 0 Å². The van der Waals surface area contributed by atoms with Crippen LogP contribution < -0.4 is 5.73 Å². The summed E-state index contributed by atoms with van der Waals surface area (Å²) in [5.41, 5.74) is 4.54. The van der Waals surface area contributed by atoms with Crippen LogP contribution in [0.2, 0.25) is 0 Å². The van der Waals surface area contributed by atoms with Crippen LogP contribution in [-0.4, -0.2) is 58.5 Å². The molecule has 3 N–H and O–H groups in total. The molecule has 0 unspecified atom stereocenters. The van der Waals surface area contributed by atoms with E-state index in [0.29, 0.717) is 25.9 Å². The fourth-order valence-electron chi connectivity index (χ4n) is 4.30. The highest BCUT2D eigenvalue weighted by molar-refractivity contribution is 5.88. The number of nitrogens with two attached hydrogens (primary N) is 1. The van der Waals surface area contributed by atoms with E-state index in [1.165, 1.54) is 4.90 Å². The van der Waals surface area contributed by atoms with Gasteiger partial charge in [-0.15, -0.1) is 0 Å². The van der Waals surface area contributed by atoms with Gasteiger partial charge in [-0.1, -0.05) is 6.42 Å². The van der Waals surface area contributed by atoms with E-state index < -0.39 is 23.5 Å². The average molecular weight is 295 g/mol. The number of carboxylic acids is 1. The molecule has 116 valence electrons. The van der Waals surface area contributed by atoms with Gasteiger partial charge in [0.25, 0.3) is 0 Å². The molecule has 3 rings (SSSR count). The van der Waals surface area contributed by atoms with Crippen molar-refractivity contribution in [1.29, 1.82) is 0 Å². The number of primary amides is 1. The Labute approximate surface area is 123 Å². The molecule has 21 heavy (non-hydrogen) atoms. The van der Waals surface area contributed by atoms with Crippen LogP contribution in [0.15, 0.2) is 0 Å². The summed E-state index contributed by atoms with van der Waals surface area (Å²) in [7, 11) is 0. The Kier molecular flexibility index (Phi) is 3.30. The molecule has 0 radical (unpaired) electrons. The number of rotatable bonds is 2. The van der Waals surface area contributed by atoms with Crippen molar-refractivity contribution >= 4 is 17.9 Å². The molecule has 3 aliphatic rings. The fraction of sp³-hybridized carbons (Fsp3) is 0.786. The third kappa shape index (κ3) is 2.06. The molecule has 2 aliphatic heterocycles. The number of carboxylic acid groups (broad SMARTS) is 1. The number of fused-ring (bicyclic) bond motifs is 1. The second-order valence-corrected chi connectivity index (χ2v) is 6.46. The van der Waals surface area contributed by atoms with E-state index in [4.69, 9.17) is 5.73 Å². The molecule has 1 saturated carbocycles.